The van der Waals surface area contributed by atoms with Crippen molar-refractivity contribution in [3.8, 4) is 45.6 Å². The number of benzene rings is 4. The van der Waals surface area contributed by atoms with Gasteiger partial charge < -0.3 is 27.8 Å². The second-order valence-electron chi connectivity index (χ2n) is 11.6. The molecule has 7 rings (SSSR count). The van der Waals surface area contributed by atoms with Crippen LogP contribution >= 0.6 is 0 Å². The van der Waals surface area contributed by atoms with E-state index in [9.17, 15) is 0 Å². The molecule has 2 heterocycles. The summed E-state index contributed by atoms with van der Waals surface area (Å²) in [5.74, 6) is -21.5. The molecule has 0 amide bonds. The van der Waals surface area contributed by atoms with Gasteiger partial charge in [-0.05, 0) is 84.9 Å². The molecule has 0 radical (unpaired) electrons. The molecule has 2 unspecified atom stereocenters. The Morgan fingerprint density at radius 1 is 0.469 bits per heavy atom. The highest BCUT2D eigenvalue weighted by atomic mass is 19.3. The molecule has 1 aliphatic carbocycles. The van der Waals surface area contributed by atoms with Gasteiger partial charge in [0.05, 0.1) is 40.3 Å². The first-order chi connectivity index (χ1) is 23.4. The predicted octanol–water partition coefficient (Wildman–Crippen LogP) is 10.3. The van der Waals surface area contributed by atoms with Gasteiger partial charge in [-0.2, -0.15) is 26.3 Å². The zero-order chi connectivity index (χ0) is 34.9. The van der Waals surface area contributed by atoms with Crippen molar-refractivity contribution in [1.82, 2.24) is 0 Å². The van der Waals surface area contributed by atoms with Crippen molar-refractivity contribution in [1.29, 1.82) is 0 Å². The van der Waals surface area contributed by atoms with Gasteiger partial charge >= 0.3 is 17.8 Å². The summed E-state index contributed by atoms with van der Waals surface area (Å²) in [4.78, 5) is 0. The van der Waals surface area contributed by atoms with Crippen molar-refractivity contribution in [2.45, 2.75) is 29.6 Å². The smallest absolute Gasteiger partial charge is 0.373 e. The summed E-state index contributed by atoms with van der Waals surface area (Å²) in [6.07, 6.45) is 0. The number of hydrogen-bond donors (Lipinski definition) is 0. The number of furan rings is 2. The minimum atomic E-state index is -5.81. The van der Waals surface area contributed by atoms with Crippen LogP contribution in [-0.4, -0.2) is 46.2 Å². The molecular weight excluding hydrogens is 654 g/mol. The van der Waals surface area contributed by atoms with Crippen molar-refractivity contribution in [2.24, 2.45) is 0 Å². The number of rotatable bonds is 8. The molecular formula is C37H28F6O6. The normalized spacial score (nSPS) is 19.3. The van der Waals surface area contributed by atoms with E-state index in [0.717, 1.165) is 0 Å². The van der Waals surface area contributed by atoms with Crippen molar-refractivity contribution in [3.63, 3.8) is 0 Å². The second-order valence-corrected chi connectivity index (χ2v) is 11.6. The average molecular weight is 683 g/mol. The number of fused-ring (bicyclic) bond motifs is 2. The molecule has 1 aliphatic rings. The molecule has 4 aromatic carbocycles. The Labute approximate surface area is 275 Å². The first-order valence-corrected chi connectivity index (χ1v) is 15.0. The van der Waals surface area contributed by atoms with Gasteiger partial charge in [-0.15, -0.1) is 0 Å². The van der Waals surface area contributed by atoms with Crippen LogP contribution < -0.4 is 18.9 Å². The third-order valence-corrected chi connectivity index (χ3v) is 9.15. The number of alkyl halides is 6. The molecule has 1 saturated carbocycles. The third-order valence-electron chi connectivity index (χ3n) is 9.15. The molecule has 0 saturated heterocycles. The van der Waals surface area contributed by atoms with E-state index in [0.29, 0.717) is 11.5 Å². The van der Waals surface area contributed by atoms with Crippen LogP contribution in [0.15, 0.2) is 93.8 Å². The van der Waals surface area contributed by atoms with E-state index in [-0.39, 0.29) is 56.1 Å². The molecule has 1 fully saturated rings. The average Bonchev–Trinajstić information content (AvgIpc) is 3.70. The van der Waals surface area contributed by atoms with Gasteiger partial charge in [0, 0.05) is 33.0 Å². The van der Waals surface area contributed by atoms with Gasteiger partial charge in [0.15, 0.2) is 0 Å². The quantitative estimate of drug-likeness (QED) is 0.149. The van der Waals surface area contributed by atoms with Crippen molar-refractivity contribution in [2.75, 3.05) is 28.4 Å². The number of hydrogen-bond acceptors (Lipinski definition) is 6. The first kappa shape index (κ1) is 32.3. The van der Waals surface area contributed by atoms with Crippen LogP contribution in [0.25, 0.3) is 44.6 Å². The van der Waals surface area contributed by atoms with Crippen LogP contribution in [0.3, 0.4) is 0 Å². The summed E-state index contributed by atoms with van der Waals surface area (Å²) in [7, 11) is 5.50. The Kier molecular flexibility index (Phi) is 7.53. The molecule has 49 heavy (non-hydrogen) atoms. The van der Waals surface area contributed by atoms with Crippen LogP contribution in [-0.2, 0) is 0 Å². The molecule has 6 aromatic rings. The van der Waals surface area contributed by atoms with E-state index in [1.165, 1.54) is 113 Å². The summed E-state index contributed by atoms with van der Waals surface area (Å²) in [5, 5.41) is -0.186. The molecule has 6 nitrogen and oxygen atoms in total. The summed E-state index contributed by atoms with van der Waals surface area (Å²) in [6.45, 7) is 0. The maximum Gasteiger partial charge on any atom is 0.373 e. The van der Waals surface area contributed by atoms with Gasteiger partial charge in [0.1, 0.15) is 45.7 Å². The number of ether oxygens (including phenoxy) is 4. The van der Waals surface area contributed by atoms with Gasteiger partial charge in [0.25, 0.3) is 0 Å². The SMILES string of the molecule is COc1ccc(-c2oc3ccc(OC)cc3c2C2C(c3c(-c4ccc(OC)cc4)oc4ccc(OC)cc34)C(F)(F)C(F)(F)C2(F)F)cc1. The van der Waals surface area contributed by atoms with E-state index < -0.39 is 40.7 Å². The summed E-state index contributed by atoms with van der Waals surface area (Å²) < 4.78 is 131. The van der Waals surface area contributed by atoms with Crippen molar-refractivity contribution in [3.05, 3.63) is 96.1 Å². The topological polar surface area (TPSA) is 63.2 Å². The molecule has 2 atom stereocenters. The fourth-order valence-corrected chi connectivity index (χ4v) is 6.70. The highest BCUT2D eigenvalue weighted by Gasteiger charge is 2.85. The maximum atomic E-state index is 16.6. The monoisotopic (exact) mass is 682 g/mol. The fourth-order valence-electron chi connectivity index (χ4n) is 6.70. The Balaban J connectivity index is 1.60. The largest absolute Gasteiger partial charge is 0.497 e. The van der Waals surface area contributed by atoms with Gasteiger partial charge in [-0.25, -0.2) is 0 Å². The Morgan fingerprint density at radius 3 is 1.12 bits per heavy atom. The lowest BCUT2D eigenvalue weighted by molar-refractivity contribution is -0.274. The maximum absolute atomic E-state index is 16.6. The molecule has 0 N–H and O–H groups in total. The Morgan fingerprint density at radius 2 is 0.796 bits per heavy atom. The standard InChI is InChI=1S/C37H28F6O6/c1-44-21-9-5-19(6-10-21)33-29(25-17-23(46-3)13-15-27(25)48-33)31-32(36(40,41)37(42,43)35(31,38)39)30-26-18-24(47-4)14-16-28(26)49-34(30)20-7-11-22(45-2)12-8-20/h5-18,31-32H,1-4H3. The zero-order valence-electron chi connectivity index (χ0n) is 26.5. The molecule has 12 heteroatoms. The number of methoxy groups -OCH3 is 4. The lowest BCUT2D eigenvalue weighted by Crippen LogP contribution is -2.48. The molecule has 2 aromatic heterocycles. The van der Waals surface area contributed by atoms with Gasteiger partial charge in [-0.1, -0.05) is 0 Å². The summed E-state index contributed by atoms with van der Waals surface area (Å²) >= 11 is 0. The predicted molar refractivity (Wildman–Crippen MR) is 170 cm³/mol. The summed E-state index contributed by atoms with van der Waals surface area (Å²) in [6, 6.07) is 20.3. The van der Waals surface area contributed by atoms with Crippen LogP contribution in [0.1, 0.15) is 23.0 Å². The third kappa shape index (κ3) is 4.71. The van der Waals surface area contributed by atoms with E-state index in [1.807, 2.05) is 0 Å². The first-order valence-electron chi connectivity index (χ1n) is 15.0. The minimum absolute atomic E-state index is 0.00352. The lowest BCUT2D eigenvalue weighted by Gasteiger charge is -2.26. The highest BCUT2D eigenvalue weighted by Crippen LogP contribution is 2.71. The van der Waals surface area contributed by atoms with Crippen LogP contribution in [0.4, 0.5) is 26.3 Å². The Bertz CT molecular complexity index is 2020. The van der Waals surface area contributed by atoms with Crippen molar-refractivity contribution < 1.29 is 54.1 Å². The fraction of sp³-hybridized carbons (Fsp3) is 0.243. The van der Waals surface area contributed by atoms with Gasteiger partial charge in [0.2, 0.25) is 0 Å². The van der Waals surface area contributed by atoms with E-state index >= 15 is 26.3 Å². The highest BCUT2D eigenvalue weighted by molar-refractivity contribution is 5.93. The zero-order valence-corrected chi connectivity index (χ0v) is 26.5. The van der Waals surface area contributed by atoms with Gasteiger partial charge in [-0.3, -0.25) is 0 Å². The van der Waals surface area contributed by atoms with E-state index in [2.05, 4.69) is 0 Å². The van der Waals surface area contributed by atoms with Crippen LogP contribution in [0.2, 0.25) is 0 Å². The van der Waals surface area contributed by atoms with Crippen LogP contribution in [0, 0.1) is 0 Å². The molecule has 0 spiro atoms. The molecule has 0 bridgehead atoms. The van der Waals surface area contributed by atoms with Crippen LogP contribution in [0.5, 0.6) is 23.0 Å². The van der Waals surface area contributed by atoms with E-state index in [4.69, 9.17) is 27.8 Å². The second kappa shape index (κ2) is 11.4. The molecule has 0 aliphatic heterocycles. The Hall–Kier alpha value is -5.26. The minimum Gasteiger partial charge on any atom is -0.497 e. The summed E-state index contributed by atoms with van der Waals surface area (Å²) in [5.41, 5.74) is -0.721. The van der Waals surface area contributed by atoms with Crippen molar-refractivity contribution >= 4 is 21.9 Å². The molecule has 254 valence electrons. The van der Waals surface area contributed by atoms with E-state index in [1.54, 1.807) is 0 Å². The lowest BCUT2D eigenvalue weighted by atomic mass is 9.78. The number of halogens is 6.